The number of hydrogen-bond acceptors (Lipinski definition) is 2. The molecule has 0 fully saturated rings. The Kier molecular flexibility index (Phi) is 8.79. The van der Waals surface area contributed by atoms with Crippen LogP contribution in [0.4, 0.5) is 17.1 Å². The molecule has 0 atom stereocenters. The van der Waals surface area contributed by atoms with Crippen LogP contribution in [0, 0.1) is 0 Å². The maximum atomic E-state index is 2.34. The van der Waals surface area contributed by atoms with Crippen LogP contribution in [-0.4, -0.2) is 0 Å². The zero-order valence-corrected chi connectivity index (χ0v) is 31.5. The van der Waals surface area contributed by atoms with E-state index in [1.165, 1.54) is 75.8 Å². The van der Waals surface area contributed by atoms with E-state index in [2.05, 4.69) is 229 Å². The normalized spacial score (nSPS) is 11.2. The number of anilines is 3. The van der Waals surface area contributed by atoms with Gasteiger partial charge in [-0.05, 0) is 121 Å². The summed E-state index contributed by atoms with van der Waals surface area (Å²) in [6.45, 7) is 0. The molecule has 0 saturated carbocycles. The molecule has 1 aromatic heterocycles. The molecule has 0 aliphatic heterocycles. The van der Waals surface area contributed by atoms with E-state index < -0.39 is 0 Å². The van der Waals surface area contributed by atoms with Crippen molar-refractivity contribution in [2.45, 2.75) is 0 Å². The number of benzene rings is 9. The van der Waals surface area contributed by atoms with Crippen LogP contribution in [0.25, 0.3) is 75.8 Å². The Bertz CT molecular complexity index is 2870. The first-order valence-electron chi connectivity index (χ1n) is 19.1. The van der Waals surface area contributed by atoms with Gasteiger partial charge >= 0.3 is 0 Å². The van der Waals surface area contributed by atoms with Gasteiger partial charge in [-0.15, -0.1) is 11.3 Å². The Morgan fingerprint density at radius 2 is 0.625 bits per heavy atom. The van der Waals surface area contributed by atoms with Gasteiger partial charge in [0.25, 0.3) is 0 Å². The van der Waals surface area contributed by atoms with E-state index in [9.17, 15) is 0 Å². The van der Waals surface area contributed by atoms with Crippen molar-refractivity contribution in [2.75, 3.05) is 4.90 Å². The summed E-state index contributed by atoms with van der Waals surface area (Å²) in [6.07, 6.45) is 0. The van der Waals surface area contributed by atoms with Crippen LogP contribution >= 0.6 is 11.3 Å². The fourth-order valence-corrected chi connectivity index (χ4v) is 8.73. The fraction of sp³-hybridized carbons (Fsp3) is 0. The second-order valence-electron chi connectivity index (χ2n) is 14.2. The van der Waals surface area contributed by atoms with Crippen molar-refractivity contribution in [2.24, 2.45) is 0 Å². The van der Waals surface area contributed by atoms with Gasteiger partial charge in [0.05, 0.1) is 0 Å². The highest BCUT2D eigenvalue weighted by molar-refractivity contribution is 7.22. The van der Waals surface area contributed by atoms with Crippen LogP contribution < -0.4 is 4.90 Å². The molecule has 0 aliphatic carbocycles. The molecule has 2 heteroatoms. The molecule has 10 rings (SSSR count). The maximum absolute atomic E-state index is 2.34. The minimum absolute atomic E-state index is 1.11. The molecule has 1 nitrogen and oxygen atoms in total. The second-order valence-corrected chi connectivity index (χ2v) is 15.3. The standard InChI is InChI=1S/C54H37NS/c1-2-8-38(9-3-1)42-24-30-50(31-25-42)55(52-34-28-44(29-35-52)41-18-21-46(22-19-41)54-37-49-12-6-7-13-53(49)56-54)51-32-26-43(27-33-51)40-14-16-45(17-15-40)48-23-20-39-10-4-5-11-47(39)36-48/h1-37H. The van der Waals surface area contributed by atoms with E-state index in [1.54, 1.807) is 0 Å². The average Bonchev–Trinajstić information content (AvgIpc) is 3.72. The second kappa shape index (κ2) is 14.7. The molecule has 0 radical (unpaired) electrons. The highest BCUT2D eigenvalue weighted by atomic mass is 32.1. The topological polar surface area (TPSA) is 3.24 Å². The monoisotopic (exact) mass is 731 g/mol. The smallest absolute Gasteiger partial charge is 0.0462 e. The SMILES string of the molecule is c1ccc(-c2ccc(N(c3ccc(-c4ccc(-c5ccc6ccccc6c5)cc4)cc3)c3ccc(-c4ccc(-c5cc6ccccc6s5)cc4)cc3)cc2)cc1. The summed E-state index contributed by atoms with van der Waals surface area (Å²) in [4.78, 5) is 3.64. The first kappa shape index (κ1) is 33.6. The van der Waals surface area contributed by atoms with Gasteiger partial charge in [0.15, 0.2) is 0 Å². The van der Waals surface area contributed by atoms with E-state index in [-0.39, 0.29) is 0 Å². The summed E-state index contributed by atoms with van der Waals surface area (Å²) in [5.41, 5.74) is 14.2. The number of rotatable bonds is 8. The minimum atomic E-state index is 1.11. The molecule has 0 saturated heterocycles. The van der Waals surface area contributed by atoms with Crippen LogP contribution in [0.5, 0.6) is 0 Å². The number of nitrogens with zero attached hydrogens (tertiary/aromatic N) is 1. The molecule has 56 heavy (non-hydrogen) atoms. The van der Waals surface area contributed by atoms with Crippen LogP contribution in [0.15, 0.2) is 224 Å². The molecule has 10 aromatic rings. The first-order chi connectivity index (χ1) is 27.7. The third-order valence-corrected chi connectivity index (χ3v) is 11.9. The molecule has 0 spiro atoms. The molecule has 0 N–H and O–H groups in total. The predicted octanol–water partition coefficient (Wildman–Crippen LogP) is 15.9. The molecular weight excluding hydrogens is 695 g/mol. The molecule has 9 aromatic carbocycles. The number of hydrogen-bond donors (Lipinski definition) is 0. The predicted molar refractivity (Wildman–Crippen MR) is 241 cm³/mol. The summed E-state index contributed by atoms with van der Waals surface area (Å²) in [5, 5.41) is 3.82. The summed E-state index contributed by atoms with van der Waals surface area (Å²) < 4.78 is 1.32. The summed E-state index contributed by atoms with van der Waals surface area (Å²) in [7, 11) is 0. The molecular formula is C54H37NS. The van der Waals surface area contributed by atoms with Crippen molar-refractivity contribution < 1.29 is 0 Å². The average molecular weight is 732 g/mol. The lowest BCUT2D eigenvalue weighted by Gasteiger charge is -2.26. The Balaban J connectivity index is 0.939. The quantitative estimate of drug-likeness (QED) is 0.150. The van der Waals surface area contributed by atoms with Gasteiger partial charge in [-0.1, -0.05) is 170 Å². The highest BCUT2D eigenvalue weighted by Gasteiger charge is 2.14. The largest absolute Gasteiger partial charge is 0.311 e. The van der Waals surface area contributed by atoms with Gasteiger partial charge in [-0.3, -0.25) is 0 Å². The van der Waals surface area contributed by atoms with Gasteiger partial charge < -0.3 is 4.90 Å². The molecule has 1 heterocycles. The Morgan fingerprint density at radius 1 is 0.250 bits per heavy atom. The number of fused-ring (bicyclic) bond motifs is 2. The van der Waals surface area contributed by atoms with E-state index >= 15 is 0 Å². The van der Waals surface area contributed by atoms with Crippen molar-refractivity contribution in [1.29, 1.82) is 0 Å². The molecule has 0 aliphatic rings. The van der Waals surface area contributed by atoms with Gasteiger partial charge in [-0.25, -0.2) is 0 Å². The Morgan fingerprint density at radius 3 is 1.14 bits per heavy atom. The molecule has 0 bridgehead atoms. The molecule has 264 valence electrons. The van der Waals surface area contributed by atoms with E-state index in [0.29, 0.717) is 0 Å². The van der Waals surface area contributed by atoms with Crippen molar-refractivity contribution in [3.63, 3.8) is 0 Å². The third-order valence-electron chi connectivity index (χ3n) is 10.7. The van der Waals surface area contributed by atoms with E-state index in [0.717, 1.165) is 17.1 Å². The van der Waals surface area contributed by atoms with Gasteiger partial charge in [0, 0.05) is 26.6 Å². The van der Waals surface area contributed by atoms with Crippen LogP contribution in [0.3, 0.4) is 0 Å². The minimum Gasteiger partial charge on any atom is -0.311 e. The zero-order valence-electron chi connectivity index (χ0n) is 30.7. The van der Waals surface area contributed by atoms with E-state index in [4.69, 9.17) is 0 Å². The van der Waals surface area contributed by atoms with Crippen LogP contribution in [0.1, 0.15) is 0 Å². The molecule has 0 unspecified atom stereocenters. The van der Waals surface area contributed by atoms with Crippen LogP contribution in [0.2, 0.25) is 0 Å². The highest BCUT2D eigenvalue weighted by Crippen LogP contribution is 2.39. The molecule has 0 amide bonds. The van der Waals surface area contributed by atoms with E-state index in [1.807, 2.05) is 11.3 Å². The third kappa shape index (κ3) is 6.68. The fourth-order valence-electron chi connectivity index (χ4n) is 7.66. The lowest BCUT2D eigenvalue weighted by molar-refractivity contribution is 1.28. The zero-order chi connectivity index (χ0) is 37.3. The summed E-state index contributed by atoms with van der Waals surface area (Å²) in [5.74, 6) is 0. The first-order valence-corrected chi connectivity index (χ1v) is 19.9. The van der Waals surface area contributed by atoms with Crippen molar-refractivity contribution in [3.8, 4) is 54.9 Å². The van der Waals surface area contributed by atoms with Gasteiger partial charge in [0.1, 0.15) is 0 Å². The van der Waals surface area contributed by atoms with Crippen molar-refractivity contribution in [3.05, 3.63) is 224 Å². The van der Waals surface area contributed by atoms with Gasteiger partial charge in [-0.2, -0.15) is 0 Å². The lowest BCUT2D eigenvalue weighted by atomic mass is 9.98. The van der Waals surface area contributed by atoms with Crippen molar-refractivity contribution in [1.82, 2.24) is 0 Å². The van der Waals surface area contributed by atoms with Gasteiger partial charge in [0.2, 0.25) is 0 Å². The van der Waals surface area contributed by atoms with Crippen LogP contribution in [-0.2, 0) is 0 Å². The maximum Gasteiger partial charge on any atom is 0.0462 e. The Labute approximate surface area is 332 Å². The Hall–Kier alpha value is -7.00. The van der Waals surface area contributed by atoms with Crippen molar-refractivity contribution >= 4 is 49.3 Å². The number of thiophene rings is 1. The summed E-state index contributed by atoms with van der Waals surface area (Å²) >= 11 is 1.85. The summed E-state index contributed by atoms with van der Waals surface area (Å²) in [6, 6.07) is 81.3. The lowest BCUT2D eigenvalue weighted by Crippen LogP contribution is -2.09.